The Morgan fingerprint density at radius 3 is 2.48 bits per heavy atom. The van der Waals surface area contributed by atoms with Gasteiger partial charge in [-0.05, 0) is 36.8 Å². The molecule has 25 heavy (non-hydrogen) atoms. The van der Waals surface area contributed by atoms with Gasteiger partial charge >= 0.3 is 0 Å². The van der Waals surface area contributed by atoms with E-state index in [0.29, 0.717) is 0 Å². The number of nitrogens with one attached hydrogen (secondary N) is 1. The van der Waals surface area contributed by atoms with Gasteiger partial charge in [-0.15, -0.1) is 12.6 Å². The van der Waals surface area contributed by atoms with Crippen molar-refractivity contribution in [1.82, 2.24) is 4.98 Å². The number of hydrogen-bond acceptors (Lipinski definition) is 2. The monoisotopic (exact) mass is 342 g/mol. The number of thiol groups is 1. The summed E-state index contributed by atoms with van der Waals surface area (Å²) < 4.78 is 0. The van der Waals surface area contributed by atoms with E-state index < -0.39 is 0 Å². The summed E-state index contributed by atoms with van der Waals surface area (Å²) >= 11 is 4.49. The van der Waals surface area contributed by atoms with Crippen LogP contribution in [0.3, 0.4) is 0 Å². The highest BCUT2D eigenvalue weighted by Gasteiger charge is 2.12. The third-order valence-corrected chi connectivity index (χ3v) is 4.65. The van der Waals surface area contributed by atoms with Gasteiger partial charge in [-0.2, -0.15) is 0 Å². The lowest BCUT2D eigenvalue weighted by Crippen LogP contribution is -1.85. The van der Waals surface area contributed by atoms with Gasteiger partial charge in [-0.1, -0.05) is 54.1 Å². The Labute approximate surface area is 152 Å². The zero-order valence-electron chi connectivity index (χ0n) is 13.9. The van der Waals surface area contributed by atoms with E-state index in [2.05, 4.69) is 67.0 Å². The zero-order chi connectivity index (χ0) is 17.2. The highest BCUT2D eigenvalue weighted by molar-refractivity contribution is 7.80. The Bertz CT molecular complexity index is 1060. The topological polar surface area (TPSA) is 28.1 Å². The smallest absolute Gasteiger partial charge is 0.0763 e. The minimum absolute atomic E-state index is 0.867. The fourth-order valence-electron chi connectivity index (χ4n) is 3.00. The van der Waals surface area contributed by atoms with E-state index in [1.807, 2.05) is 36.5 Å². The summed E-state index contributed by atoms with van der Waals surface area (Å²) in [5, 5.41) is 1.18. The Kier molecular flexibility index (Phi) is 4.16. The summed E-state index contributed by atoms with van der Waals surface area (Å²) in [4.78, 5) is 9.11. The second kappa shape index (κ2) is 6.61. The van der Waals surface area contributed by atoms with Gasteiger partial charge in [-0.3, -0.25) is 4.99 Å². The van der Waals surface area contributed by atoms with Crippen LogP contribution in [0.2, 0.25) is 0 Å². The molecule has 2 nitrogen and oxygen atoms in total. The maximum atomic E-state index is 4.69. The molecule has 1 N–H and O–H groups in total. The van der Waals surface area contributed by atoms with Gasteiger partial charge in [0, 0.05) is 27.6 Å². The Morgan fingerprint density at radius 1 is 0.920 bits per heavy atom. The number of para-hydroxylation sites is 1. The third-order valence-electron chi connectivity index (χ3n) is 4.27. The fraction of sp³-hybridized carbons (Fsp3) is 0.0455. The quantitative estimate of drug-likeness (QED) is 0.329. The second-order valence-corrected chi connectivity index (χ2v) is 6.56. The molecule has 0 atom stereocenters. The maximum Gasteiger partial charge on any atom is 0.0763 e. The van der Waals surface area contributed by atoms with Gasteiger partial charge in [-0.25, -0.2) is 0 Å². The Balaban J connectivity index is 1.91. The van der Waals surface area contributed by atoms with Crippen molar-refractivity contribution in [1.29, 1.82) is 0 Å². The van der Waals surface area contributed by atoms with Crippen LogP contribution in [0.25, 0.3) is 22.2 Å². The van der Waals surface area contributed by atoms with Crippen LogP contribution >= 0.6 is 12.6 Å². The van der Waals surface area contributed by atoms with E-state index in [1.54, 1.807) is 0 Å². The third kappa shape index (κ3) is 3.11. The lowest BCUT2D eigenvalue weighted by Gasteiger charge is -2.02. The molecule has 0 aliphatic rings. The first-order valence-electron chi connectivity index (χ1n) is 8.22. The number of aromatic amines is 1. The molecule has 1 aromatic heterocycles. The molecule has 0 fully saturated rings. The molecule has 0 aliphatic carbocycles. The van der Waals surface area contributed by atoms with E-state index in [0.717, 1.165) is 32.9 Å². The van der Waals surface area contributed by atoms with Gasteiger partial charge < -0.3 is 4.98 Å². The number of aryl methyl sites for hydroxylation is 1. The molecule has 0 spiro atoms. The predicted octanol–water partition coefficient (Wildman–Crippen LogP) is 6.18. The molecule has 0 bridgehead atoms. The molecule has 122 valence electrons. The van der Waals surface area contributed by atoms with E-state index in [1.165, 1.54) is 10.9 Å². The predicted molar refractivity (Wildman–Crippen MR) is 109 cm³/mol. The number of aromatic nitrogens is 1. The van der Waals surface area contributed by atoms with Crippen LogP contribution in [-0.4, -0.2) is 11.2 Å². The average molecular weight is 342 g/mol. The first-order chi connectivity index (χ1) is 12.2. The Morgan fingerprint density at radius 2 is 1.68 bits per heavy atom. The summed E-state index contributed by atoms with van der Waals surface area (Å²) in [5.74, 6) is 0. The fourth-order valence-corrected chi connectivity index (χ4v) is 3.22. The summed E-state index contributed by atoms with van der Waals surface area (Å²) in [6.45, 7) is 2.11. The van der Waals surface area contributed by atoms with Crippen molar-refractivity contribution >= 4 is 35.4 Å². The molecule has 0 amide bonds. The van der Waals surface area contributed by atoms with Crippen molar-refractivity contribution < 1.29 is 0 Å². The molecule has 0 saturated carbocycles. The van der Waals surface area contributed by atoms with Gasteiger partial charge in [0.25, 0.3) is 0 Å². The van der Waals surface area contributed by atoms with Gasteiger partial charge in [0.15, 0.2) is 0 Å². The van der Waals surface area contributed by atoms with Crippen molar-refractivity contribution in [3.8, 4) is 11.3 Å². The van der Waals surface area contributed by atoms with E-state index in [-0.39, 0.29) is 0 Å². The summed E-state index contributed by atoms with van der Waals surface area (Å²) in [7, 11) is 0. The van der Waals surface area contributed by atoms with Crippen molar-refractivity contribution in [2.24, 2.45) is 4.99 Å². The number of rotatable bonds is 3. The minimum Gasteiger partial charge on any atom is -0.354 e. The standard InChI is InChI=1S/C22H18N2S/c1-15-11-12-19-17(13-15)18(14-23-20-9-5-6-10-21(20)25)22(24-19)16-7-3-2-4-8-16/h2-14,24-25H,1H3. The number of fused-ring (bicyclic) bond motifs is 1. The first kappa shape index (κ1) is 15.7. The lowest BCUT2D eigenvalue weighted by atomic mass is 10.0. The number of benzene rings is 3. The molecule has 1 heterocycles. The average Bonchev–Trinajstić information content (AvgIpc) is 2.99. The number of hydrogen-bond donors (Lipinski definition) is 2. The van der Waals surface area contributed by atoms with Crippen LogP contribution in [0.4, 0.5) is 5.69 Å². The molecule has 0 unspecified atom stereocenters. The van der Waals surface area contributed by atoms with Crippen LogP contribution in [0, 0.1) is 6.92 Å². The molecule has 0 radical (unpaired) electrons. The van der Waals surface area contributed by atoms with E-state index >= 15 is 0 Å². The largest absolute Gasteiger partial charge is 0.354 e. The SMILES string of the molecule is Cc1ccc2[nH]c(-c3ccccc3)c(C=Nc3ccccc3S)c2c1. The second-order valence-electron chi connectivity index (χ2n) is 6.08. The summed E-state index contributed by atoms with van der Waals surface area (Å²) in [6.07, 6.45) is 1.94. The zero-order valence-corrected chi connectivity index (χ0v) is 14.8. The maximum absolute atomic E-state index is 4.69. The number of nitrogens with zero attached hydrogens (tertiary/aromatic N) is 1. The van der Waals surface area contributed by atoms with Crippen LogP contribution in [0.15, 0.2) is 82.7 Å². The van der Waals surface area contributed by atoms with Gasteiger partial charge in [0.05, 0.1) is 11.4 Å². The van der Waals surface area contributed by atoms with Crippen molar-refractivity contribution in [2.45, 2.75) is 11.8 Å². The summed E-state index contributed by atoms with van der Waals surface area (Å²) in [5.41, 5.74) is 6.55. The van der Waals surface area contributed by atoms with E-state index in [9.17, 15) is 0 Å². The van der Waals surface area contributed by atoms with Crippen molar-refractivity contribution in [2.75, 3.05) is 0 Å². The molecule has 0 aliphatic heterocycles. The number of H-pyrrole nitrogens is 1. The van der Waals surface area contributed by atoms with E-state index in [4.69, 9.17) is 4.99 Å². The molecular formula is C22H18N2S. The first-order valence-corrected chi connectivity index (χ1v) is 8.67. The molecule has 4 rings (SSSR count). The van der Waals surface area contributed by atoms with Crippen molar-refractivity contribution in [3.05, 3.63) is 83.9 Å². The minimum atomic E-state index is 0.867. The Hall–Kier alpha value is -2.78. The van der Waals surface area contributed by atoms with Crippen molar-refractivity contribution in [3.63, 3.8) is 0 Å². The summed E-state index contributed by atoms with van der Waals surface area (Å²) in [6, 6.07) is 24.7. The molecule has 4 aromatic rings. The van der Waals surface area contributed by atoms with Gasteiger partial charge in [0.2, 0.25) is 0 Å². The highest BCUT2D eigenvalue weighted by Crippen LogP contribution is 2.31. The van der Waals surface area contributed by atoms with Crippen LogP contribution in [0.1, 0.15) is 11.1 Å². The van der Waals surface area contributed by atoms with Gasteiger partial charge in [0.1, 0.15) is 0 Å². The number of aliphatic imine (C=N–C) groups is 1. The molecule has 3 aromatic carbocycles. The molecular weight excluding hydrogens is 324 g/mol. The van der Waals surface area contributed by atoms with Crippen LogP contribution in [0.5, 0.6) is 0 Å². The highest BCUT2D eigenvalue weighted by atomic mass is 32.1. The molecule has 0 saturated heterocycles. The lowest BCUT2D eigenvalue weighted by molar-refractivity contribution is 1.39. The molecule has 3 heteroatoms. The van der Waals surface area contributed by atoms with Crippen LogP contribution in [-0.2, 0) is 0 Å². The normalized spacial score (nSPS) is 11.4. The van der Waals surface area contributed by atoms with Crippen LogP contribution < -0.4 is 0 Å².